The number of hydrogen-bond donors (Lipinski definition) is 5. The highest BCUT2D eigenvalue weighted by atomic mass is 79.9. The van der Waals surface area contributed by atoms with Crippen LogP contribution < -0.4 is 5.73 Å². The molecule has 1 saturated heterocycles. The summed E-state index contributed by atoms with van der Waals surface area (Å²) >= 11 is 3.33. The Balaban J connectivity index is 0.000000202. The zero-order valence-corrected chi connectivity index (χ0v) is 57.5. The van der Waals surface area contributed by atoms with Crippen molar-refractivity contribution in [3.63, 3.8) is 0 Å². The van der Waals surface area contributed by atoms with Crippen LogP contribution in [0.25, 0.3) is 63.8 Å². The minimum atomic E-state index is -1.18. The Morgan fingerprint density at radius 2 is 0.863 bits per heavy atom. The van der Waals surface area contributed by atoms with Crippen molar-refractivity contribution in [3.05, 3.63) is 289 Å². The number of aliphatic hydroxyl groups is 2. The number of aliphatic hydroxyl groups excluding tert-OH is 2. The van der Waals surface area contributed by atoms with Gasteiger partial charge in [0.1, 0.15) is 18.6 Å². The predicted octanol–water partition coefficient (Wildman–Crippen LogP) is 18.0. The zero-order chi connectivity index (χ0) is 69.2. The molecule has 6 N–H and O–H groups in total. The van der Waals surface area contributed by atoms with E-state index in [0.29, 0.717) is 24.0 Å². The van der Waals surface area contributed by atoms with Gasteiger partial charge in [-0.3, -0.25) is 19.2 Å². The second kappa shape index (κ2) is 36.5. The van der Waals surface area contributed by atoms with E-state index in [1.54, 1.807) is 6.07 Å². The molecule has 11 nitrogen and oxygen atoms in total. The number of carboxylic acids is 2. The number of aryl methyl sites for hydroxylation is 4. The fourth-order valence-corrected chi connectivity index (χ4v) is 10.5. The molecule has 2 atom stereocenters. The van der Waals surface area contributed by atoms with E-state index in [9.17, 15) is 24.3 Å². The van der Waals surface area contributed by atoms with Crippen molar-refractivity contribution in [3.8, 4) is 33.4 Å². The molecule has 10 rings (SSSR count). The van der Waals surface area contributed by atoms with E-state index >= 15 is 0 Å². The number of rotatable bonds is 18. The smallest absolute Gasteiger partial charge is 0.481 e. The van der Waals surface area contributed by atoms with Crippen molar-refractivity contribution in [2.24, 2.45) is 11.7 Å². The summed E-state index contributed by atoms with van der Waals surface area (Å²) in [5.41, 5.74) is 27.0. The molecule has 0 aliphatic carbocycles. The molecule has 1 aliphatic heterocycles. The minimum Gasteiger partial charge on any atom is -0.481 e. The summed E-state index contributed by atoms with van der Waals surface area (Å²) in [7, 11) is -0.310. The van der Waals surface area contributed by atoms with E-state index < -0.39 is 30.5 Å². The topological polar surface area (TPSA) is 194 Å². The Morgan fingerprint density at radius 3 is 1.24 bits per heavy atom. The van der Waals surface area contributed by atoms with E-state index in [2.05, 4.69) is 248 Å². The maximum atomic E-state index is 11.1. The lowest BCUT2D eigenvalue weighted by molar-refractivity contribution is -0.143. The fourth-order valence-electron chi connectivity index (χ4n) is 10.1. The van der Waals surface area contributed by atoms with Gasteiger partial charge in [0.25, 0.3) is 0 Å². The predicted molar refractivity (Wildman–Crippen MR) is 394 cm³/mol. The average molecular weight is 1340 g/mol. The molecule has 9 aromatic rings. The molecule has 0 aromatic heterocycles. The number of aliphatic carboxylic acids is 2. The van der Waals surface area contributed by atoms with Crippen LogP contribution in [0.3, 0.4) is 0 Å². The van der Waals surface area contributed by atoms with Crippen LogP contribution in [0.5, 0.6) is 0 Å². The first-order valence-electron chi connectivity index (χ1n) is 31.5. The number of carbonyl (C=O) groups is 4. The summed E-state index contributed by atoms with van der Waals surface area (Å²) in [6.45, 7) is 20.0. The number of carboxylic acid groups (broad SMARTS) is 2. The largest absolute Gasteiger partial charge is 0.487 e. The van der Waals surface area contributed by atoms with Gasteiger partial charge in [0.2, 0.25) is 0 Å². The third kappa shape index (κ3) is 21.9. The monoisotopic (exact) mass is 1340 g/mol. The molecule has 1 heterocycles. The number of benzene rings is 9. The van der Waals surface area contributed by atoms with Crippen LogP contribution in [-0.4, -0.2) is 82.5 Å². The minimum absolute atomic E-state index is 0.303. The Labute approximate surface area is 569 Å². The molecule has 0 bridgehead atoms. The van der Waals surface area contributed by atoms with E-state index in [0.717, 1.165) is 44.9 Å². The number of halogens is 1. The average Bonchev–Trinajstić information content (AvgIpc) is 1.69. The van der Waals surface area contributed by atoms with Crippen molar-refractivity contribution >= 4 is 77.9 Å². The Bertz CT molecular complexity index is 4090. The molecular weight excluding hydrogens is 1250 g/mol. The van der Waals surface area contributed by atoms with E-state index in [1.807, 2.05) is 67.5 Å². The van der Waals surface area contributed by atoms with Gasteiger partial charge >= 0.3 is 19.1 Å². The highest BCUT2D eigenvalue weighted by molar-refractivity contribution is 9.10. The van der Waals surface area contributed by atoms with Crippen LogP contribution in [0, 0.1) is 47.5 Å². The third-order valence-electron chi connectivity index (χ3n) is 17.0. The van der Waals surface area contributed by atoms with Gasteiger partial charge in [0, 0.05) is 15.6 Å². The van der Waals surface area contributed by atoms with Gasteiger partial charge < -0.3 is 35.5 Å². The van der Waals surface area contributed by atoms with Crippen molar-refractivity contribution in [2.75, 3.05) is 13.2 Å². The maximum Gasteiger partial charge on any atom is 0.487 e. The Kier molecular flexibility index (Phi) is 28.7. The first-order valence-corrected chi connectivity index (χ1v) is 32.3. The molecule has 0 saturated carbocycles. The van der Waals surface area contributed by atoms with Gasteiger partial charge in [0.05, 0.1) is 30.3 Å². The van der Waals surface area contributed by atoms with Gasteiger partial charge in [0.15, 0.2) is 0 Å². The Morgan fingerprint density at radius 1 is 0.474 bits per heavy atom. The van der Waals surface area contributed by atoms with Gasteiger partial charge in [-0.1, -0.05) is 240 Å². The van der Waals surface area contributed by atoms with Crippen LogP contribution >= 0.6 is 15.9 Å². The lowest BCUT2D eigenvalue weighted by Gasteiger charge is -2.32. The first kappa shape index (κ1) is 74.9. The molecule has 0 spiro atoms. The number of hydrogen-bond acceptors (Lipinski definition) is 9. The highest BCUT2D eigenvalue weighted by Gasteiger charge is 2.50. The number of carbonyl (C=O) groups excluding carboxylic acids is 2. The van der Waals surface area contributed by atoms with Crippen molar-refractivity contribution < 1.29 is 48.9 Å². The molecule has 1 aliphatic rings. The molecule has 1 fully saturated rings. The van der Waals surface area contributed by atoms with Crippen molar-refractivity contribution in [1.29, 1.82) is 0 Å². The van der Waals surface area contributed by atoms with E-state index in [1.165, 1.54) is 72.3 Å². The normalized spacial score (nSPS) is 13.4. The summed E-state index contributed by atoms with van der Waals surface area (Å²) in [4.78, 5) is 42.0. The first-order chi connectivity index (χ1) is 45.4. The van der Waals surface area contributed by atoms with Crippen molar-refractivity contribution in [2.45, 2.75) is 99.3 Å². The summed E-state index contributed by atoms with van der Waals surface area (Å²) in [5.74, 6) is -0.831. The van der Waals surface area contributed by atoms with E-state index in [4.69, 9.17) is 30.4 Å². The Hall–Kier alpha value is -9.18. The van der Waals surface area contributed by atoms with E-state index in [-0.39, 0.29) is 24.9 Å². The van der Waals surface area contributed by atoms with Crippen LogP contribution in [0.2, 0.25) is 0 Å². The number of nitrogens with two attached hydrogens (primary N) is 1. The van der Waals surface area contributed by atoms with Gasteiger partial charge in [-0.05, 0) is 194 Å². The second-order valence-corrected chi connectivity index (χ2v) is 25.1. The van der Waals surface area contributed by atoms with Gasteiger partial charge in [-0.15, -0.1) is 0 Å². The standard InChI is InChI=1S/C27H28O3.C23H20O.C21H25BO2.C8H7BrO.C3H7NO3/c1-19-11-12-21(13-14-25(18-28)27(29)30)17-24(19)16-15-22-9-6-10-26(20(22)2)23-7-4-3-5-8-23;1-17-11-12-19(16-24)15-22(17)14-13-20-9-6-10-23(18(20)2)21-7-4-3-5-8-21;1-16-17(12-9-13-19(16)18-10-7-6-8-11-18)14-15-22-23-20(2,3)21(4,5)24-22;1-6-2-3-7(5-10)4-8(6)9;4-2(1-5)3(6)7/h3-12,15-17,25,28H,13-14,18H2,1-2H3,(H,29,30);3-16H,1-2H3;6-15H,1-5H3;2-5H,1H3;2,5H,1,4H2,(H,6,7)/b16-15+;14-13+;15-14+;;/t25-;;;;2-/m1...1/s1. The molecule has 95 heavy (non-hydrogen) atoms. The van der Waals surface area contributed by atoms with Crippen LogP contribution in [0.15, 0.2) is 211 Å². The highest BCUT2D eigenvalue weighted by Crippen LogP contribution is 2.38. The SMILES string of the molecule is Cc1c(/C=C/B2OC(C)(C)C(C)(C)O2)cccc1-c1ccccc1.Cc1ccc(C=O)cc1/C=C/c1cccc(-c2ccccc2)c1C.Cc1ccc(C=O)cc1Br.Cc1ccc(CC[C@H](CO)C(=O)O)cc1/C=C/c1cccc(-c2ccccc2)c1C.N[C@H](CO)C(=O)O. The molecule has 0 amide bonds. The molecule has 0 unspecified atom stereocenters. The van der Waals surface area contributed by atoms with Crippen LogP contribution in [0.1, 0.15) is 122 Å². The van der Waals surface area contributed by atoms with Gasteiger partial charge in [-0.25, -0.2) is 0 Å². The molecular formula is C82H87BBrNO10. The second-order valence-electron chi connectivity index (χ2n) is 24.2. The summed E-state index contributed by atoms with van der Waals surface area (Å²) in [6.07, 6.45) is 13.3. The molecule has 9 aromatic carbocycles. The summed E-state index contributed by atoms with van der Waals surface area (Å²) < 4.78 is 13.0. The summed E-state index contributed by atoms with van der Waals surface area (Å²) in [5, 5.41) is 34.2. The lowest BCUT2D eigenvalue weighted by atomic mass is 9.87. The third-order valence-corrected chi connectivity index (χ3v) is 17.8. The number of aldehydes is 2. The summed E-state index contributed by atoms with van der Waals surface area (Å²) in [6, 6.07) is 66.7. The van der Waals surface area contributed by atoms with Crippen LogP contribution in [0.4, 0.5) is 0 Å². The van der Waals surface area contributed by atoms with Crippen molar-refractivity contribution in [1.82, 2.24) is 0 Å². The van der Waals surface area contributed by atoms with Gasteiger partial charge in [-0.2, -0.15) is 0 Å². The van der Waals surface area contributed by atoms with Crippen LogP contribution in [-0.2, 0) is 25.3 Å². The zero-order valence-electron chi connectivity index (χ0n) is 55.9. The quantitative estimate of drug-likeness (QED) is 0.0312. The fraction of sp³-hybridized carbons (Fsp3) is 0.220. The lowest BCUT2D eigenvalue weighted by Crippen LogP contribution is -2.41. The molecule has 0 radical (unpaired) electrons. The molecule has 490 valence electrons. The maximum absolute atomic E-state index is 11.1. The molecule has 13 heteroatoms.